The van der Waals surface area contributed by atoms with Crippen LogP contribution >= 0.6 is 11.8 Å². The molecule has 1 heterocycles. The molecule has 0 bridgehead atoms. The monoisotopic (exact) mass is 381 g/mol. The molecule has 1 atom stereocenters. The summed E-state index contributed by atoms with van der Waals surface area (Å²) in [5, 5.41) is 15.4. The molecule has 0 aliphatic carbocycles. The predicted octanol–water partition coefficient (Wildman–Crippen LogP) is 3.20. The van der Waals surface area contributed by atoms with Gasteiger partial charge in [-0.25, -0.2) is 0 Å². The second-order valence-electron chi connectivity index (χ2n) is 6.49. The molecule has 1 aromatic heterocycles. The third-order valence-electron chi connectivity index (χ3n) is 4.17. The Morgan fingerprint density at radius 3 is 2.63 bits per heavy atom. The van der Waals surface area contributed by atoms with Gasteiger partial charge < -0.3 is 5.32 Å². The molecule has 0 saturated carbocycles. The third kappa shape index (κ3) is 5.65. The van der Waals surface area contributed by atoms with E-state index in [0.29, 0.717) is 5.16 Å². The van der Waals surface area contributed by atoms with Gasteiger partial charge in [0.2, 0.25) is 11.1 Å². The summed E-state index contributed by atoms with van der Waals surface area (Å²) in [6.07, 6.45) is 1.85. The van der Waals surface area contributed by atoms with Gasteiger partial charge in [-0.2, -0.15) is 4.68 Å². The first-order valence-electron chi connectivity index (χ1n) is 8.93. The van der Waals surface area contributed by atoms with Crippen molar-refractivity contribution in [2.24, 2.45) is 0 Å². The molecule has 3 aromatic rings. The zero-order valence-electron chi connectivity index (χ0n) is 15.5. The van der Waals surface area contributed by atoms with E-state index in [9.17, 15) is 4.79 Å². The molecule has 0 aliphatic heterocycles. The Hall–Kier alpha value is -2.67. The van der Waals surface area contributed by atoms with E-state index >= 15 is 0 Å². The van der Waals surface area contributed by atoms with E-state index in [0.717, 1.165) is 18.5 Å². The molecule has 7 heteroatoms. The van der Waals surface area contributed by atoms with Gasteiger partial charge in [-0.1, -0.05) is 59.8 Å². The maximum Gasteiger partial charge on any atom is 0.230 e. The van der Waals surface area contributed by atoms with Crippen molar-refractivity contribution in [3.63, 3.8) is 0 Å². The number of amides is 1. The minimum Gasteiger partial charge on any atom is -0.353 e. The topological polar surface area (TPSA) is 72.7 Å². The van der Waals surface area contributed by atoms with Crippen molar-refractivity contribution < 1.29 is 4.79 Å². The molecule has 140 valence electrons. The quantitative estimate of drug-likeness (QED) is 0.607. The van der Waals surface area contributed by atoms with Crippen LogP contribution in [0.15, 0.2) is 59.8 Å². The molecule has 0 fully saturated rings. The number of hydrogen-bond donors (Lipinski definition) is 1. The van der Waals surface area contributed by atoms with Gasteiger partial charge in [-0.05, 0) is 54.8 Å². The van der Waals surface area contributed by atoms with Gasteiger partial charge in [0.05, 0.1) is 11.4 Å². The summed E-state index contributed by atoms with van der Waals surface area (Å²) in [5.41, 5.74) is 3.33. The Kier molecular flexibility index (Phi) is 6.59. The van der Waals surface area contributed by atoms with Crippen molar-refractivity contribution in [1.29, 1.82) is 0 Å². The van der Waals surface area contributed by atoms with Gasteiger partial charge >= 0.3 is 0 Å². The number of carbonyl (C=O) groups excluding carboxylic acids is 1. The van der Waals surface area contributed by atoms with Crippen LogP contribution in [0.5, 0.6) is 0 Å². The maximum atomic E-state index is 12.2. The molecule has 1 amide bonds. The first-order chi connectivity index (χ1) is 13.1. The van der Waals surface area contributed by atoms with Crippen molar-refractivity contribution in [1.82, 2.24) is 25.5 Å². The highest BCUT2D eigenvalue weighted by molar-refractivity contribution is 7.99. The lowest BCUT2D eigenvalue weighted by Gasteiger charge is -2.13. The number of aryl methyl sites for hydroxylation is 2. The Bertz CT molecular complexity index is 864. The fourth-order valence-corrected chi connectivity index (χ4v) is 3.37. The molecule has 0 spiro atoms. The van der Waals surface area contributed by atoms with E-state index in [1.54, 1.807) is 4.68 Å². The summed E-state index contributed by atoms with van der Waals surface area (Å²) >= 11 is 1.33. The molecule has 0 unspecified atom stereocenters. The van der Waals surface area contributed by atoms with Crippen LogP contribution in [0.1, 0.15) is 24.5 Å². The molecular weight excluding hydrogens is 358 g/mol. The van der Waals surface area contributed by atoms with Crippen LogP contribution in [0.2, 0.25) is 0 Å². The molecule has 0 saturated heterocycles. The van der Waals surface area contributed by atoms with Crippen LogP contribution in [0, 0.1) is 6.92 Å². The van der Waals surface area contributed by atoms with Gasteiger partial charge in [0.25, 0.3) is 0 Å². The summed E-state index contributed by atoms with van der Waals surface area (Å²) < 4.78 is 1.65. The lowest BCUT2D eigenvalue weighted by Crippen LogP contribution is -2.34. The average Bonchev–Trinajstić information content (AvgIpc) is 3.15. The summed E-state index contributed by atoms with van der Waals surface area (Å²) in [7, 11) is 0. The number of rotatable bonds is 8. The third-order valence-corrected chi connectivity index (χ3v) is 5.09. The Morgan fingerprint density at radius 1 is 1.15 bits per heavy atom. The summed E-state index contributed by atoms with van der Waals surface area (Å²) in [4.78, 5) is 12.2. The second kappa shape index (κ2) is 9.32. The Labute approximate surface area is 163 Å². The second-order valence-corrected chi connectivity index (χ2v) is 7.43. The Morgan fingerprint density at radius 2 is 1.89 bits per heavy atom. The van der Waals surface area contributed by atoms with E-state index < -0.39 is 0 Å². The summed E-state index contributed by atoms with van der Waals surface area (Å²) in [6.45, 7) is 4.06. The van der Waals surface area contributed by atoms with E-state index in [1.807, 2.05) is 56.3 Å². The van der Waals surface area contributed by atoms with Gasteiger partial charge in [0.15, 0.2) is 0 Å². The highest BCUT2D eigenvalue weighted by Crippen LogP contribution is 2.18. The van der Waals surface area contributed by atoms with Crippen LogP contribution in [0.25, 0.3) is 5.69 Å². The summed E-state index contributed by atoms with van der Waals surface area (Å²) in [5.74, 6) is 0.265. The standard InChI is InChI=1S/C20H23N5OS/c1-15-8-12-18(13-9-15)25-20(22-23-24-25)27-14-19(26)21-16(2)10-11-17-6-4-3-5-7-17/h3-9,12-13,16H,10-11,14H2,1-2H3,(H,21,26)/t16-/m1/s1. The number of aromatic nitrogens is 4. The Balaban J connectivity index is 1.48. The van der Waals surface area contributed by atoms with Gasteiger partial charge in [0.1, 0.15) is 0 Å². The smallest absolute Gasteiger partial charge is 0.230 e. The number of hydrogen-bond acceptors (Lipinski definition) is 5. The van der Waals surface area contributed by atoms with Crippen molar-refractivity contribution in [2.45, 2.75) is 37.9 Å². The minimum atomic E-state index is -0.0148. The molecule has 2 aromatic carbocycles. The highest BCUT2D eigenvalue weighted by atomic mass is 32.2. The maximum absolute atomic E-state index is 12.2. The van der Waals surface area contributed by atoms with Crippen molar-refractivity contribution in [2.75, 3.05) is 5.75 Å². The van der Waals surface area contributed by atoms with Crippen LogP contribution in [0.4, 0.5) is 0 Å². The minimum absolute atomic E-state index is 0.0148. The van der Waals surface area contributed by atoms with Crippen LogP contribution < -0.4 is 5.32 Å². The van der Waals surface area contributed by atoms with E-state index in [2.05, 4.69) is 33.0 Å². The number of carbonyl (C=O) groups is 1. The number of benzene rings is 2. The normalized spacial score (nSPS) is 11.9. The average molecular weight is 382 g/mol. The lowest BCUT2D eigenvalue weighted by atomic mass is 10.1. The first kappa shape index (κ1) is 19.1. The van der Waals surface area contributed by atoms with Crippen LogP contribution in [-0.4, -0.2) is 37.9 Å². The molecule has 0 radical (unpaired) electrons. The van der Waals surface area contributed by atoms with Crippen molar-refractivity contribution >= 4 is 17.7 Å². The molecule has 0 aliphatic rings. The number of nitrogens with zero attached hydrogens (tertiary/aromatic N) is 4. The highest BCUT2D eigenvalue weighted by Gasteiger charge is 2.13. The largest absolute Gasteiger partial charge is 0.353 e. The lowest BCUT2D eigenvalue weighted by molar-refractivity contribution is -0.119. The van der Waals surface area contributed by atoms with Crippen molar-refractivity contribution in [3.8, 4) is 5.69 Å². The SMILES string of the molecule is Cc1ccc(-n2nnnc2SCC(=O)N[C@H](C)CCc2ccccc2)cc1. The number of thioether (sulfide) groups is 1. The van der Waals surface area contributed by atoms with Crippen LogP contribution in [-0.2, 0) is 11.2 Å². The van der Waals surface area contributed by atoms with Crippen molar-refractivity contribution in [3.05, 3.63) is 65.7 Å². The molecule has 6 nitrogen and oxygen atoms in total. The zero-order valence-corrected chi connectivity index (χ0v) is 16.3. The van der Waals surface area contributed by atoms with Crippen LogP contribution in [0.3, 0.4) is 0 Å². The molecule has 27 heavy (non-hydrogen) atoms. The first-order valence-corrected chi connectivity index (χ1v) is 9.92. The fourth-order valence-electron chi connectivity index (χ4n) is 2.66. The molecule has 1 N–H and O–H groups in total. The summed E-state index contributed by atoms with van der Waals surface area (Å²) in [6, 6.07) is 18.3. The van der Waals surface area contributed by atoms with Gasteiger partial charge in [-0.15, -0.1) is 5.10 Å². The van der Waals surface area contributed by atoms with Gasteiger partial charge in [0, 0.05) is 6.04 Å². The number of tetrazole rings is 1. The molecule has 3 rings (SSSR count). The van der Waals surface area contributed by atoms with E-state index in [-0.39, 0.29) is 17.7 Å². The van der Waals surface area contributed by atoms with E-state index in [1.165, 1.54) is 22.9 Å². The predicted molar refractivity (Wildman–Crippen MR) is 107 cm³/mol. The van der Waals surface area contributed by atoms with Gasteiger partial charge in [-0.3, -0.25) is 4.79 Å². The fraction of sp³-hybridized carbons (Fsp3) is 0.300. The zero-order chi connectivity index (χ0) is 19.1. The number of nitrogens with one attached hydrogen (secondary N) is 1. The molecular formula is C20H23N5OS. The van der Waals surface area contributed by atoms with E-state index in [4.69, 9.17) is 0 Å².